The summed E-state index contributed by atoms with van der Waals surface area (Å²) in [6.07, 6.45) is 5.53. The van der Waals surface area contributed by atoms with Crippen LogP contribution in [-0.4, -0.2) is 36.3 Å². The number of aryl methyl sites for hydroxylation is 2. The highest BCUT2D eigenvalue weighted by Crippen LogP contribution is 2.37. The second-order valence-corrected chi connectivity index (χ2v) is 7.27. The second kappa shape index (κ2) is 5.66. The Morgan fingerprint density at radius 1 is 1.04 bits per heavy atom. The molecular weight excluding hydrogens is 288 g/mol. The summed E-state index contributed by atoms with van der Waals surface area (Å²) in [4.78, 5) is 28.9. The van der Waals surface area contributed by atoms with Gasteiger partial charge in [0.15, 0.2) is 0 Å². The average molecular weight is 312 g/mol. The minimum Gasteiger partial charge on any atom is -0.339 e. The lowest BCUT2D eigenvalue weighted by Gasteiger charge is -2.36. The molecule has 0 N–H and O–H groups in total. The van der Waals surface area contributed by atoms with Gasteiger partial charge in [0.1, 0.15) is 0 Å². The van der Waals surface area contributed by atoms with Crippen molar-refractivity contribution < 1.29 is 9.59 Å². The van der Waals surface area contributed by atoms with Gasteiger partial charge in [-0.05, 0) is 61.3 Å². The van der Waals surface area contributed by atoms with Crippen LogP contribution in [0.15, 0.2) is 12.1 Å². The molecule has 4 heteroatoms. The van der Waals surface area contributed by atoms with E-state index in [1.54, 1.807) is 0 Å². The Bertz CT molecular complexity index is 642. The molecule has 0 bridgehead atoms. The molecule has 0 unspecified atom stereocenters. The lowest BCUT2D eigenvalue weighted by molar-refractivity contribution is -0.119. The Morgan fingerprint density at radius 3 is 2.48 bits per heavy atom. The molecule has 4 nitrogen and oxygen atoms in total. The van der Waals surface area contributed by atoms with Gasteiger partial charge >= 0.3 is 0 Å². The molecule has 1 aromatic carbocycles. The third-order valence-electron chi connectivity index (χ3n) is 5.59. The molecule has 1 aromatic rings. The standard InChI is InChI=1S/C19H24N2O2/c1-13-6-9-20(10-7-13)19(23)16-11-14-3-2-8-21-17(22)5-4-15(12-16)18(14)21/h11-13H,2-10H2,1H3. The number of hydrogen-bond donors (Lipinski definition) is 0. The molecule has 3 aliphatic heterocycles. The first-order chi connectivity index (χ1) is 11.1. The smallest absolute Gasteiger partial charge is 0.253 e. The molecule has 3 heterocycles. The lowest BCUT2D eigenvalue weighted by Crippen LogP contribution is -2.40. The van der Waals surface area contributed by atoms with E-state index >= 15 is 0 Å². The number of likely N-dealkylation sites (tertiary alicyclic amines) is 1. The van der Waals surface area contributed by atoms with E-state index in [4.69, 9.17) is 0 Å². The summed E-state index contributed by atoms with van der Waals surface area (Å²) in [7, 11) is 0. The molecular formula is C19H24N2O2. The fraction of sp³-hybridized carbons (Fsp3) is 0.579. The van der Waals surface area contributed by atoms with Gasteiger partial charge in [0.25, 0.3) is 5.91 Å². The van der Waals surface area contributed by atoms with Crippen molar-refractivity contribution in [3.8, 4) is 0 Å². The van der Waals surface area contributed by atoms with E-state index in [9.17, 15) is 9.59 Å². The summed E-state index contributed by atoms with van der Waals surface area (Å²) in [5.74, 6) is 1.14. The van der Waals surface area contributed by atoms with Crippen LogP contribution in [0, 0.1) is 5.92 Å². The minimum absolute atomic E-state index is 0.171. The number of benzene rings is 1. The number of anilines is 1. The van der Waals surface area contributed by atoms with Crippen molar-refractivity contribution in [1.82, 2.24) is 4.90 Å². The molecule has 4 rings (SSSR count). The molecule has 0 saturated carbocycles. The minimum atomic E-state index is 0.171. The van der Waals surface area contributed by atoms with E-state index in [0.717, 1.165) is 68.9 Å². The SMILES string of the molecule is CC1CCN(C(=O)c2cc3c4c(c2)CCC(=O)N4CCC3)CC1. The third kappa shape index (κ3) is 2.54. The summed E-state index contributed by atoms with van der Waals surface area (Å²) in [5, 5.41) is 0. The summed E-state index contributed by atoms with van der Waals surface area (Å²) in [6, 6.07) is 4.09. The largest absolute Gasteiger partial charge is 0.339 e. The summed E-state index contributed by atoms with van der Waals surface area (Å²) in [5.41, 5.74) is 4.31. The van der Waals surface area contributed by atoms with Crippen LogP contribution in [0.1, 0.15) is 54.1 Å². The maximum absolute atomic E-state index is 12.9. The molecule has 0 aliphatic carbocycles. The molecule has 3 aliphatic rings. The van der Waals surface area contributed by atoms with Crippen molar-refractivity contribution in [1.29, 1.82) is 0 Å². The van der Waals surface area contributed by atoms with Crippen molar-refractivity contribution in [2.24, 2.45) is 5.92 Å². The van der Waals surface area contributed by atoms with E-state index in [2.05, 4.69) is 6.92 Å². The fourth-order valence-corrected chi connectivity index (χ4v) is 4.17. The molecule has 2 amide bonds. The molecule has 0 aromatic heterocycles. The van der Waals surface area contributed by atoms with Crippen LogP contribution in [0.25, 0.3) is 0 Å². The van der Waals surface area contributed by atoms with Crippen molar-refractivity contribution in [3.05, 3.63) is 28.8 Å². The number of amides is 2. The predicted octanol–water partition coefficient (Wildman–Crippen LogP) is 2.78. The van der Waals surface area contributed by atoms with Crippen LogP contribution in [0.2, 0.25) is 0 Å². The normalized spacial score (nSPS) is 21.3. The van der Waals surface area contributed by atoms with E-state index in [1.807, 2.05) is 21.9 Å². The third-order valence-corrected chi connectivity index (χ3v) is 5.59. The molecule has 122 valence electrons. The fourth-order valence-electron chi connectivity index (χ4n) is 4.17. The van der Waals surface area contributed by atoms with Gasteiger partial charge in [-0.1, -0.05) is 6.92 Å². The van der Waals surface area contributed by atoms with Gasteiger partial charge in [-0.3, -0.25) is 9.59 Å². The second-order valence-electron chi connectivity index (χ2n) is 7.27. The quantitative estimate of drug-likeness (QED) is 0.800. The Morgan fingerprint density at radius 2 is 1.74 bits per heavy atom. The van der Waals surface area contributed by atoms with Gasteiger partial charge in [0.05, 0.1) is 5.69 Å². The highest BCUT2D eigenvalue weighted by atomic mass is 16.2. The first kappa shape index (κ1) is 14.7. The Balaban J connectivity index is 1.66. The number of carbonyl (C=O) groups excluding carboxylic acids is 2. The number of rotatable bonds is 1. The lowest BCUT2D eigenvalue weighted by atomic mass is 9.89. The van der Waals surface area contributed by atoms with E-state index in [1.165, 1.54) is 11.1 Å². The molecule has 0 atom stereocenters. The van der Waals surface area contributed by atoms with Crippen LogP contribution in [0.3, 0.4) is 0 Å². The maximum Gasteiger partial charge on any atom is 0.253 e. The number of nitrogens with zero attached hydrogens (tertiary/aromatic N) is 2. The van der Waals surface area contributed by atoms with Gasteiger partial charge < -0.3 is 9.80 Å². The topological polar surface area (TPSA) is 40.6 Å². The Hall–Kier alpha value is -1.84. The predicted molar refractivity (Wildman–Crippen MR) is 89.7 cm³/mol. The molecule has 1 saturated heterocycles. The summed E-state index contributed by atoms with van der Waals surface area (Å²) >= 11 is 0. The monoisotopic (exact) mass is 312 g/mol. The molecule has 1 fully saturated rings. The zero-order valence-electron chi connectivity index (χ0n) is 13.8. The van der Waals surface area contributed by atoms with Gasteiger partial charge in [-0.15, -0.1) is 0 Å². The van der Waals surface area contributed by atoms with Crippen molar-refractivity contribution >= 4 is 17.5 Å². The zero-order chi connectivity index (χ0) is 16.0. The van der Waals surface area contributed by atoms with Crippen LogP contribution in [0.5, 0.6) is 0 Å². The van der Waals surface area contributed by atoms with Gasteiger partial charge in [-0.2, -0.15) is 0 Å². The highest BCUT2D eigenvalue weighted by molar-refractivity contribution is 6.00. The van der Waals surface area contributed by atoms with Gasteiger partial charge in [0, 0.05) is 31.6 Å². The first-order valence-electron chi connectivity index (χ1n) is 8.89. The van der Waals surface area contributed by atoms with E-state index in [-0.39, 0.29) is 11.8 Å². The first-order valence-corrected chi connectivity index (χ1v) is 8.89. The molecule has 23 heavy (non-hydrogen) atoms. The van der Waals surface area contributed by atoms with Crippen LogP contribution < -0.4 is 4.90 Å². The number of hydrogen-bond acceptors (Lipinski definition) is 2. The van der Waals surface area contributed by atoms with Crippen LogP contribution in [-0.2, 0) is 17.6 Å². The zero-order valence-corrected chi connectivity index (χ0v) is 13.8. The maximum atomic E-state index is 12.9. The highest BCUT2D eigenvalue weighted by Gasteiger charge is 2.31. The van der Waals surface area contributed by atoms with Gasteiger partial charge in [-0.25, -0.2) is 0 Å². The Labute approximate surface area is 137 Å². The van der Waals surface area contributed by atoms with Crippen molar-refractivity contribution in [2.45, 2.75) is 45.4 Å². The summed E-state index contributed by atoms with van der Waals surface area (Å²) in [6.45, 7) is 4.83. The van der Waals surface area contributed by atoms with Crippen molar-refractivity contribution in [3.63, 3.8) is 0 Å². The number of piperidine rings is 1. The molecule has 0 spiro atoms. The van der Waals surface area contributed by atoms with E-state index < -0.39 is 0 Å². The summed E-state index contributed by atoms with van der Waals surface area (Å²) < 4.78 is 0. The van der Waals surface area contributed by atoms with Gasteiger partial charge in [0.2, 0.25) is 5.91 Å². The van der Waals surface area contributed by atoms with E-state index in [0.29, 0.717) is 6.42 Å². The molecule has 0 radical (unpaired) electrons. The van der Waals surface area contributed by atoms with Crippen molar-refractivity contribution in [2.75, 3.05) is 24.5 Å². The average Bonchev–Trinajstić information content (AvgIpc) is 2.58. The Kier molecular flexibility index (Phi) is 3.63. The van der Waals surface area contributed by atoms with Crippen LogP contribution in [0.4, 0.5) is 5.69 Å². The van der Waals surface area contributed by atoms with Crippen LogP contribution >= 0.6 is 0 Å². The number of carbonyl (C=O) groups is 2.